The molecule has 7 atom stereocenters. The van der Waals surface area contributed by atoms with E-state index >= 15 is 4.39 Å². The lowest BCUT2D eigenvalue weighted by Gasteiger charge is -2.54. The van der Waals surface area contributed by atoms with E-state index < -0.39 is 12.3 Å². The quantitative estimate of drug-likeness (QED) is 0.178. The molecule has 0 spiro atoms. The molecule has 7 heteroatoms. The molecule has 1 amide bonds. The number of ether oxygens (including phenoxy) is 2. The number of fused-ring (bicyclic) bond motifs is 5. The minimum Gasteiger partial charge on any atom is -0.508 e. The minimum absolute atomic E-state index is 0.148. The highest BCUT2D eigenvalue weighted by atomic mass is 19.1. The Morgan fingerprint density at radius 2 is 1.68 bits per heavy atom. The maximum Gasteiger partial charge on any atom is 0.226 e. The summed E-state index contributed by atoms with van der Waals surface area (Å²) in [4.78, 5) is 15.5. The Kier molecular flexibility index (Phi) is 12.1. The summed E-state index contributed by atoms with van der Waals surface area (Å²) in [6.45, 7) is 5.89. The SMILES string of the molecule is CCCCCCN(CCCCCC[C@@H]1Cc2cc(O)ccc2C2C1C1CC[C@H](O)[C@@]1(C)C[C@@H]2F)C(=O)Cc1ccc(OC)c(OC)c1. The van der Waals surface area contributed by atoms with Gasteiger partial charge in [0.2, 0.25) is 5.91 Å². The highest BCUT2D eigenvalue weighted by molar-refractivity contribution is 5.79. The van der Waals surface area contributed by atoms with E-state index in [0.717, 1.165) is 94.0 Å². The number of halogens is 1. The van der Waals surface area contributed by atoms with Crippen molar-refractivity contribution in [2.45, 2.75) is 122 Å². The third kappa shape index (κ3) is 7.92. The molecular formula is C40H58FNO5. The van der Waals surface area contributed by atoms with Gasteiger partial charge in [-0.1, -0.05) is 64.5 Å². The Bertz CT molecular complexity index is 1330. The number of benzene rings is 2. The normalized spacial score (nSPS) is 27.9. The van der Waals surface area contributed by atoms with E-state index in [0.29, 0.717) is 36.2 Å². The van der Waals surface area contributed by atoms with Gasteiger partial charge in [-0.15, -0.1) is 0 Å². The van der Waals surface area contributed by atoms with Gasteiger partial charge in [0.15, 0.2) is 11.5 Å². The first kappa shape index (κ1) is 35.5. The maximum absolute atomic E-state index is 16.1. The molecular weight excluding hydrogens is 593 g/mol. The van der Waals surface area contributed by atoms with Crippen molar-refractivity contribution in [3.63, 3.8) is 0 Å². The molecule has 0 aliphatic heterocycles. The molecule has 0 saturated heterocycles. The van der Waals surface area contributed by atoms with E-state index in [1.54, 1.807) is 20.3 Å². The number of alkyl halides is 1. The summed E-state index contributed by atoms with van der Waals surface area (Å²) in [5.41, 5.74) is 2.76. The van der Waals surface area contributed by atoms with Gasteiger partial charge in [-0.3, -0.25) is 4.79 Å². The smallest absolute Gasteiger partial charge is 0.226 e. The van der Waals surface area contributed by atoms with Gasteiger partial charge in [0.25, 0.3) is 0 Å². The first-order valence-electron chi connectivity index (χ1n) is 18.3. The molecule has 2 aromatic carbocycles. The molecule has 5 rings (SSSR count). The summed E-state index contributed by atoms with van der Waals surface area (Å²) in [7, 11) is 3.23. The molecule has 3 unspecified atom stereocenters. The van der Waals surface area contributed by atoms with Gasteiger partial charge in [0, 0.05) is 19.0 Å². The van der Waals surface area contributed by atoms with E-state index in [2.05, 4.69) is 18.7 Å². The Labute approximate surface area is 282 Å². The molecule has 0 aromatic heterocycles. The van der Waals surface area contributed by atoms with Crippen molar-refractivity contribution in [1.82, 2.24) is 4.90 Å². The van der Waals surface area contributed by atoms with E-state index in [1.165, 1.54) is 12.8 Å². The van der Waals surface area contributed by atoms with Crippen molar-refractivity contribution in [1.29, 1.82) is 0 Å². The first-order valence-corrected chi connectivity index (χ1v) is 18.3. The number of amides is 1. The fourth-order valence-electron chi connectivity index (χ4n) is 9.46. The molecule has 260 valence electrons. The second-order valence-electron chi connectivity index (χ2n) is 14.9. The summed E-state index contributed by atoms with van der Waals surface area (Å²) in [6, 6.07) is 11.2. The Morgan fingerprint density at radius 1 is 0.957 bits per heavy atom. The van der Waals surface area contributed by atoms with Crippen LogP contribution in [0.15, 0.2) is 36.4 Å². The summed E-state index contributed by atoms with van der Waals surface area (Å²) in [5.74, 6) is 2.48. The van der Waals surface area contributed by atoms with Gasteiger partial charge in [-0.05, 0) is 109 Å². The summed E-state index contributed by atoms with van der Waals surface area (Å²) in [6.07, 6.45) is 11.7. The fourth-order valence-corrected chi connectivity index (χ4v) is 9.46. The largest absolute Gasteiger partial charge is 0.508 e. The van der Waals surface area contributed by atoms with Crippen LogP contribution in [-0.4, -0.2) is 60.6 Å². The zero-order valence-corrected chi connectivity index (χ0v) is 29.2. The second-order valence-corrected chi connectivity index (χ2v) is 14.9. The highest BCUT2D eigenvalue weighted by Gasteiger charge is 2.59. The van der Waals surface area contributed by atoms with Crippen molar-refractivity contribution < 1.29 is 28.9 Å². The second kappa shape index (κ2) is 16.1. The van der Waals surface area contributed by atoms with Crippen molar-refractivity contribution in [3.8, 4) is 17.2 Å². The molecule has 2 fully saturated rings. The van der Waals surface area contributed by atoms with Gasteiger partial charge in [0.05, 0.1) is 26.7 Å². The van der Waals surface area contributed by atoms with E-state index in [-0.39, 0.29) is 28.9 Å². The number of aromatic hydroxyl groups is 1. The molecule has 0 radical (unpaired) electrons. The Hall–Kier alpha value is -2.80. The van der Waals surface area contributed by atoms with Crippen molar-refractivity contribution >= 4 is 5.91 Å². The number of phenolic OH excluding ortho intramolecular Hbond substituents is 1. The van der Waals surface area contributed by atoms with Crippen molar-refractivity contribution in [2.75, 3.05) is 27.3 Å². The third-order valence-corrected chi connectivity index (χ3v) is 12.0. The number of aliphatic hydroxyl groups is 1. The van der Waals surface area contributed by atoms with Gasteiger partial charge in [-0.2, -0.15) is 0 Å². The number of nitrogens with zero attached hydrogens (tertiary/aromatic N) is 1. The van der Waals surface area contributed by atoms with Crippen LogP contribution in [0.4, 0.5) is 4.39 Å². The van der Waals surface area contributed by atoms with E-state index in [9.17, 15) is 15.0 Å². The number of rotatable bonds is 16. The Balaban J connectivity index is 1.18. The summed E-state index contributed by atoms with van der Waals surface area (Å²) in [5, 5.41) is 21.2. The topological polar surface area (TPSA) is 79.2 Å². The number of carbonyl (C=O) groups excluding carboxylic acids is 1. The van der Waals surface area contributed by atoms with Crippen LogP contribution in [0.2, 0.25) is 0 Å². The van der Waals surface area contributed by atoms with Crippen molar-refractivity contribution in [3.05, 3.63) is 53.1 Å². The van der Waals surface area contributed by atoms with Gasteiger partial charge < -0.3 is 24.6 Å². The summed E-state index contributed by atoms with van der Waals surface area (Å²) < 4.78 is 26.9. The van der Waals surface area contributed by atoms with Crippen LogP contribution in [0.25, 0.3) is 0 Å². The molecule has 47 heavy (non-hydrogen) atoms. The number of hydrogen-bond acceptors (Lipinski definition) is 5. The fraction of sp³-hybridized carbons (Fsp3) is 0.675. The van der Waals surface area contributed by atoms with E-state index in [1.807, 2.05) is 30.3 Å². The molecule has 2 aromatic rings. The minimum atomic E-state index is -0.972. The van der Waals surface area contributed by atoms with Gasteiger partial charge in [0.1, 0.15) is 11.9 Å². The molecule has 3 aliphatic rings. The van der Waals surface area contributed by atoms with E-state index in [4.69, 9.17) is 9.47 Å². The van der Waals surface area contributed by atoms with Crippen LogP contribution in [0.3, 0.4) is 0 Å². The predicted molar refractivity (Wildman–Crippen MR) is 185 cm³/mol. The zero-order chi connectivity index (χ0) is 33.6. The lowest BCUT2D eigenvalue weighted by molar-refractivity contribution is -0.130. The summed E-state index contributed by atoms with van der Waals surface area (Å²) >= 11 is 0. The monoisotopic (exact) mass is 651 g/mol. The van der Waals surface area contributed by atoms with Gasteiger partial charge >= 0.3 is 0 Å². The van der Waals surface area contributed by atoms with Crippen LogP contribution < -0.4 is 9.47 Å². The predicted octanol–water partition coefficient (Wildman–Crippen LogP) is 8.40. The average Bonchev–Trinajstić information content (AvgIpc) is 3.35. The standard InChI is InChI=1S/C40H58FNO5/c1-5-6-7-11-20-42(37(45)23-27-14-18-34(46-3)35(22-27)47-4)21-12-9-8-10-13-28-24-29-25-30(43)15-16-31(29)39-33(41)26-40(2)32(38(28)39)17-19-36(40)44/h14-16,18,22,25,28,32-33,36,38-39,43-44H,5-13,17,19-21,23-24,26H2,1-4H3/t28-,32?,33+,36+,38?,39?,40+/m1/s1. The molecule has 2 N–H and O–H groups in total. The average molecular weight is 652 g/mol. The number of methoxy groups -OCH3 is 2. The van der Waals surface area contributed by atoms with Crippen LogP contribution in [0.5, 0.6) is 17.2 Å². The molecule has 0 heterocycles. The van der Waals surface area contributed by atoms with Crippen LogP contribution in [0, 0.1) is 23.2 Å². The Morgan fingerprint density at radius 3 is 2.40 bits per heavy atom. The number of phenols is 1. The maximum atomic E-state index is 16.1. The van der Waals surface area contributed by atoms with Crippen molar-refractivity contribution in [2.24, 2.45) is 23.2 Å². The third-order valence-electron chi connectivity index (χ3n) is 12.0. The van der Waals surface area contributed by atoms with Crippen LogP contribution >= 0.6 is 0 Å². The lowest BCUT2D eigenvalue weighted by Crippen LogP contribution is -2.51. The van der Waals surface area contributed by atoms with Crippen LogP contribution in [-0.2, 0) is 17.6 Å². The van der Waals surface area contributed by atoms with Gasteiger partial charge in [-0.25, -0.2) is 4.39 Å². The van der Waals surface area contributed by atoms with Crippen LogP contribution in [0.1, 0.15) is 114 Å². The molecule has 0 bridgehead atoms. The number of carbonyl (C=O) groups is 1. The molecule has 2 saturated carbocycles. The number of unbranched alkanes of at least 4 members (excludes halogenated alkanes) is 6. The number of aliphatic hydroxyl groups excluding tert-OH is 1. The lowest BCUT2D eigenvalue weighted by atomic mass is 9.51. The zero-order valence-electron chi connectivity index (χ0n) is 29.2. The molecule has 3 aliphatic carbocycles. The highest BCUT2D eigenvalue weighted by Crippen LogP contribution is 2.63. The first-order chi connectivity index (χ1) is 22.7. The molecule has 6 nitrogen and oxygen atoms in total. The number of hydrogen-bond donors (Lipinski definition) is 2.